The van der Waals surface area contributed by atoms with Crippen molar-refractivity contribution >= 4 is 33.5 Å². The van der Waals surface area contributed by atoms with Crippen LogP contribution in [0, 0.1) is 0 Å². The van der Waals surface area contributed by atoms with Gasteiger partial charge in [0, 0.05) is 22.9 Å². The molecule has 0 aliphatic rings. The molecule has 1 N–H and O–H groups in total. The number of rotatable bonds is 4. The van der Waals surface area contributed by atoms with Crippen LogP contribution in [0.1, 0.15) is 5.56 Å². The molecule has 1 aromatic heterocycles. The fourth-order valence-corrected chi connectivity index (χ4v) is 4.44. The van der Waals surface area contributed by atoms with E-state index in [9.17, 15) is 5.11 Å². The van der Waals surface area contributed by atoms with Gasteiger partial charge in [0.05, 0.1) is 15.9 Å². The molecule has 1 heterocycles. The Morgan fingerprint density at radius 1 is 0.733 bits per heavy atom. The number of para-hydroxylation sites is 3. The van der Waals surface area contributed by atoms with E-state index in [1.165, 1.54) is 0 Å². The summed E-state index contributed by atoms with van der Waals surface area (Å²) in [6.07, 6.45) is 1.69. The normalized spacial score (nSPS) is 11.3. The smallest absolute Gasteiger partial charge is 0.126 e. The Labute approximate surface area is 178 Å². The summed E-state index contributed by atoms with van der Waals surface area (Å²) in [7, 11) is 0. The molecule has 144 valence electrons. The van der Waals surface area contributed by atoms with Crippen LogP contribution in [0.4, 0.5) is 5.69 Å². The van der Waals surface area contributed by atoms with Gasteiger partial charge in [0.25, 0.3) is 0 Å². The largest absolute Gasteiger partial charge is 0.507 e. The maximum absolute atomic E-state index is 10.0. The number of benzene rings is 4. The Bertz CT molecular complexity index is 1360. The van der Waals surface area contributed by atoms with Crippen molar-refractivity contribution in [2.75, 3.05) is 0 Å². The number of phenols is 1. The van der Waals surface area contributed by atoms with E-state index < -0.39 is 0 Å². The first-order chi connectivity index (χ1) is 14.8. The third kappa shape index (κ3) is 3.49. The Morgan fingerprint density at radius 2 is 1.47 bits per heavy atom. The Balaban J connectivity index is 1.59. The molecule has 0 fully saturated rings. The number of aliphatic imine (C=N–C) groups is 1. The average Bonchev–Trinajstić information content (AvgIpc) is 3.24. The van der Waals surface area contributed by atoms with E-state index in [1.54, 1.807) is 29.7 Å². The van der Waals surface area contributed by atoms with Gasteiger partial charge in [0.2, 0.25) is 0 Å². The fraction of sp³-hybridized carbons (Fsp3) is 0. The van der Waals surface area contributed by atoms with Crippen molar-refractivity contribution in [3.05, 3.63) is 103 Å². The lowest BCUT2D eigenvalue weighted by atomic mass is 10.0. The molecule has 0 saturated heterocycles. The van der Waals surface area contributed by atoms with Crippen LogP contribution in [0.3, 0.4) is 0 Å². The number of thiazole rings is 1. The van der Waals surface area contributed by atoms with Crippen molar-refractivity contribution in [3.8, 4) is 27.4 Å². The average molecular weight is 407 g/mol. The van der Waals surface area contributed by atoms with Gasteiger partial charge < -0.3 is 5.11 Å². The molecule has 0 saturated carbocycles. The van der Waals surface area contributed by atoms with Crippen LogP contribution in [0.15, 0.2) is 102 Å². The predicted molar refractivity (Wildman–Crippen MR) is 126 cm³/mol. The van der Waals surface area contributed by atoms with E-state index in [0.29, 0.717) is 5.56 Å². The van der Waals surface area contributed by atoms with Crippen LogP contribution >= 0.6 is 11.3 Å². The summed E-state index contributed by atoms with van der Waals surface area (Å²) in [5.74, 6) is 0.214. The van der Waals surface area contributed by atoms with Crippen molar-refractivity contribution in [1.82, 2.24) is 4.98 Å². The van der Waals surface area contributed by atoms with Crippen molar-refractivity contribution in [3.63, 3.8) is 0 Å². The Morgan fingerprint density at radius 3 is 2.33 bits per heavy atom. The van der Waals surface area contributed by atoms with Gasteiger partial charge in [-0.1, -0.05) is 66.7 Å². The summed E-state index contributed by atoms with van der Waals surface area (Å²) in [6.45, 7) is 0. The van der Waals surface area contributed by atoms with Gasteiger partial charge in [0.15, 0.2) is 0 Å². The van der Waals surface area contributed by atoms with Gasteiger partial charge in [-0.25, -0.2) is 4.98 Å². The van der Waals surface area contributed by atoms with Crippen LogP contribution in [0.2, 0.25) is 0 Å². The molecule has 0 unspecified atom stereocenters. The van der Waals surface area contributed by atoms with Gasteiger partial charge in [-0.05, 0) is 35.9 Å². The van der Waals surface area contributed by atoms with Gasteiger partial charge in [-0.15, -0.1) is 11.3 Å². The van der Waals surface area contributed by atoms with Gasteiger partial charge in [-0.2, -0.15) is 0 Å². The first kappa shape index (κ1) is 18.3. The minimum absolute atomic E-state index is 0.214. The zero-order chi connectivity index (χ0) is 20.3. The van der Waals surface area contributed by atoms with Gasteiger partial charge in [0.1, 0.15) is 10.8 Å². The molecule has 5 aromatic rings. The summed E-state index contributed by atoms with van der Waals surface area (Å²) >= 11 is 1.66. The van der Waals surface area contributed by atoms with Gasteiger partial charge >= 0.3 is 0 Å². The molecule has 0 spiro atoms. The number of hydrogen-bond donors (Lipinski definition) is 1. The third-order valence-electron chi connectivity index (χ3n) is 4.92. The minimum Gasteiger partial charge on any atom is -0.507 e. The molecule has 5 rings (SSSR count). The number of phenolic OH excluding ortho intramolecular Hbond substituents is 1. The van der Waals surface area contributed by atoms with E-state index in [0.717, 1.165) is 37.6 Å². The second-order valence-corrected chi connectivity index (χ2v) is 7.90. The number of aromatic hydroxyl groups is 1. The van der Waals surface area contributed by atoms with Crippen LogP contribution in [-0.2, 0) is 0 Å². The maximum Gasteiger partial charge on any atom is 0.126 e. The van der Waals surface area contributed by atoms with Crippen molar-refractivity contribution < 1.29 is 5.11 Å². The molecule has 4 aromatic carbocycles. The molecule has 0 amide bonds. The van der Waals surface area contributed by atoms with E-state index in [1.807, 2.05) is 54.6 Å². The van der Waals surface area contributed by atoms with Crippen LogP contribution < -0.4 is 0 Å². The van der Waals surface area contributed by atoms with Crippen LogP contribution in [0.25, 0.3) is 31.9 Å². The lowest BCUT2D eigenvalue weighted by Crippen LogP contribution is -1.83. The van der Waals surface area contributed by atoms with E-state index in [-0.39, 0.29) is 5.75 Å². The summed E-state index contributed by atoms with van der Waals surface area (Å²) in [5.41, 5.74) is 5.77. The summed E-state index contributed by atoms with van der Waals surface area (Å²) in [4.78, 5) is 9.63. The summed E-state index contributed by atoms with van der Waals surface area (Å²) in [6, 6.07) is 31.8. The second kappa shape index (κ2) is 7.93. The Kier molecular flexibility index (Phi) is 4.83. The predicted octanol–water partition coefficient (Wildman–Crippen LogP) is 7.09. The number of fused-ring (bicyclic) bond motifs is 1. The lowest BCUT2D eigenvalue weighted by Gasteiger charge is -2.03. The monoisotopic (exact) mass is 406 g/mol. The molecule has 0 atom stereocenters. The highest BCUT2D eigenvalue weighted by molar-refractivity contribution is 7.21. The first-order valence-corrected chi connectivity index (χ1v) is 10.5. The highest BCUT2D eigenvalue weighted by Crippen LogP contribution is 2.38. The van der Waals surface area contributed by atoms with Crippen molar-refractivity contribution in [2.45, 2.75) is 0 Å². The SMILES string of the molecule is Oc1ccccc1C=Nc1ccccc1-c1nc2c(-c3ccccc3)cccc2s1. The van der Waals surface area contributed by atoms with E-state index in [2.05, 4.69) is 35.3 Å². The molecule has 30 heavy (non-hydrogen) atoms. The molecular weight excluding hydrogens is 388 g/mol. The number of hydrogen-bond acceptors (Lipinski definition) is 4. The molecule has 0 radical (unpaired) electrons. The van der Waals surface area contributed by atoms with Crippen LogP contribution in [0.5, 0.6) is 5.75 Å². The molecular formula is C26H18N2OS. The lowest BCUT2D eigenvalue weighted by molar-refractivity contribution is 0.474. The zero-order valence-corrected chi connectivity index (χ0v) is 16.9. The zero-order valence-electron chi connectivity index (χ0n) is 16.1. The highest BCUT2D eigenvalue weighted by Gasteiger charge is 2.13. The third-order valence-corrected chi connectivity index (χ3v) is 5.97. The molecule has 3 nitrogen and oxygen atoms in total. The summed E-state index contributed by atoms with van der Waals surface area (Å²) < 4.78 is 1.14. The first-order valence-electron chi connectivity index (χ1n) is 9.66. The van der Waals surface area contributed by atoms with E-state index >= 15 is 0 Å². The highest BCUT2D eigenvalue weighted by atomic mass is 32.1. The van der Waals surface area contributed by atoms with Crippen LogP contribution in [-0.4, -0.2) is 16.3 Å². The molecule has 4 heteroatoms. The quantitative estimate of drug-likeness (QED) is 0.324. The van der Waals surface area contributed by atoms with Crippen molar-refractivity contribution in [1.29, 1.82) is 0 Å². The second-order valence-electron chi connectivity index (χ2n) is 6.87. The minimum atomic E-state index is 0.214. The fourth-order valence-electron chi connectivity index (χ4n) is 3.42. The standard InChI is InChI=1S/C26H18N2OS/c29-23-15-7-4-11-19(23)17-27-22-14-6-5-12-21(22)26-28-25-20(13-8-16-24(25)30-26)18-9-2-1-3-10-18/h1-17,29H. The van der Waals surface area contributed by atoms with Crippen molar-refractivity contribution in [2.24, 2.45) is 4.99 Å². The number of nitrogens with zero attached hydrogens (tertiary/aromatic N) is 2. The topological polar surface area (TPSA) is 45.5 Å². The Hall–Kier alpha value is -3.76. The van der Waals surface area contributed by atoms with Gasteiger partial charge in [-0.3, -0.25) is 4.99 Å². The molecule has 0 aliphatic carbocycles. The number of aromatic nitrogens is 1. The molecule has 0 aliphatic heterocycles. The summed E-state index contributed by atoms with van der Waals surface area (Å²) in [5, 5.41) is 10.9. The maximum atomic E-state index is 10.0. The molecule has 0 bridgehead atoms. The van der Waals surface area contributed by atoms with E-state index in [4.69, 9.17) is 4.98 Å².